The van der Waals surface area contributed by atoms with Crippen LogP contribution in [0.1, 0.15) is 57.4 Å². The first kappa shape index (κ1) is 25.5. The Bertz CT molecular complexity index is 844. The van der Waals surface area contributed by atoms with Crippen LogP contribution >= 0.6 is 0 Å². The van der Waals surface area contributed by atoms with E-state index in [9.17, 15) is 23.5 Å². The average molecular weight is 448 g/mol. The second-order valence-corrected chi connectivity index (χ2v) is 8.26. The smallest absolute Gasteiger partial charge is 0.327 e. The molecule has 3 atom stereocenters. The number of nitrogens with zero attached hydrogens (tertiary/aromatic N) is 1. The van der Waals surface area contributed by atoms with Gasteiger partial charge in [-0.1, -0.05) is 62.0 Å². The average Bonchev–Trinajstić information content (AvgIpc) is 2.97. The molecule has 0 bridgehead atoms. The molecule has 1 amide bonds. The molecule has 1 aliphatic heterocycles. The third-order valence-corrected chi connectivity index (χ3v) is 5.52. The van der Waals surface area contributed by atoms with Gasteiger partial charge in [0.1, 0.15) is 0 Å². The summed E-state index contributed by atoms with van der Waals surface area (Å²) in [6.45, 7) is 2.02. The summed E-state index contributed by atoms with van der Waals surface area (Å²) in [6.07, 6.45) is 4.43. The van der Waals surface area contributed by atoms with Gasteiger partial charge in [0, 0.05) is 31.4 Å². The minimum Gasteiger partial charge on any atom is -0.481 e. The van der Waals surface area contributed by atoms with E-state index >= 15 is 0 Å². The number of halogens is 2. The molecule has 1 aromatic carbocycles. The first-order chi connectivity index (χ1) is 15.2. The summed E-state index contributed by atoms with van der Waals surface area (Å²) in [7, 11) is 0. The van der Waals surface area contributed by atoms with Crippen LogP contribution in [0.2, 0.25) is 0 Å². The lowest BCUT2D eigenvalue weighted by Crippen LogP contribution is -2.36. The Morgan fingerprint density at radius 1 is 1.25 bits per heavy atom. The van der Waals surface area contributed by atoms with E-state index in [1.54, 1.807) is 0 Å². The summed E-state index contributed by atoms with van der Waals surface area (Å²) >= 11 is 0. The normalized spacial score (nSPS) is 19.6. The number of hydrogen-bond donors (Lipinski definition) is 2. The summed E-state index contributed by atoms with van der Waals surface area (Å²) in [5.41, 5.74) is 0.884. The second kappa shape index (κ2) is 12.4. The molecule has 0 aromatic heterocycles. The van der Waals surface area contributed by atoms with Gasteiger partial charge < -0.3 is 15.1 Å². The van der Waals surface area contributed by atoms with Crippen LogP contribution in [0.15, 0.2) is 42.5 Å². The zero-order chi connectivity index (χ0) is 23.6. The van der Waals surface area contributed by atoms with Crippen LogP contribution in [0.3, 0.4) is 0 Å². The van der Waals surface area contributed by atoms with E-state index in [4.69, 9.17) is 5.11 Å². The summed E-state index contributed by atoms with van der Waals surface area (Å²) in [6, 6.07) is 8.71. The lowest BCUT2D eigenvalue weighted by atomic mass is 9.99. The molecule has 1 aliphatic rings. The first-order valence-corrected chi connectivity index (χ1v) is 11.0. The van der Waals surface area contributed by atoms with Crippen molar-refractivity contribution in [3.63, 3.8) is 0 Å². The van der Waals surface area contributed by atoms with Crippen molar-refractivity contribution >= 4 is 11.9 Å². The Kier molecular flexibility index (Phi) is 9.86. The van der Waals surface area contributed by atoms with Gasteiger partial charge in [-0.25, -0.2) is 0 Å². The summed E-state index contributed by atoms with van der Waals surface area (Å²) < 4.78 is 28.0. The quantitative estimate of drug-likeness (QED) is 0.302. The monoisotopic (exact) mass is 447 g/mol. The molecule has 2 rings (SSSR count). The van der Waals surface area contributed by atoms with E-state index in [2.05, 4.69) is 11.8 Å². The predicted octanol–water partition coefficient (Wildman–Crippen LogP) is 4.25. The number of carboxylic acid groups (broad SMARTS) is 1. The van der Waals surface area contributed by atoms with Gasteiger partial charge in [0.05, 0.1) is 12.1 Å². The molecular weight excluding hydrogens is 416 g/mol. The lowest BCUT2D eigenvalue weighted by Gasteiger charge is -2.22. The van der Waals surface area contributed by atoms with Gasteiger partial charge in [-0.2, -0.15) is 8.78 Å². The molecule has 1 aromatic rings. The van der Waals surface area contributed by atoms with Crippen molar-refractivity contribution in [2.45, 2.75) is 69.9 Å². The Balaban J connectivity index is 1.87. The van der Waals surface area contributed by atoms with Gasteiger partial charge in [-0.05, 0) is 30.9 Å². The number of benzene rings is 1. The number of carbonyl (C=O) groups excluding carboxylic acids is 1. The molecule has 1 fully saturated rings. The fourth-order valence-electron chi connectivity index (χ4n) is 3.56. The highest BCUT2D eigenvalue weighted by Crippen LogP contribution is 2.34. The minimum atomic E-state index is -3.41. The number of aliphatic carboxylic acids is 1. The third-order valence-electron chi connectivity index (χ3n) is 5.52. The number of likely N-dealkylation sites (tertiary alicyclic amines) is 1. The zero-order valence-corrected chi connectivity index (χ0v) is 18.3. The lowest BCUT2D eigenvalue weighted by molar-refractivity contribution is -0.148. The highest BCUT2D eigenvalue weighted by Gasteiger charge is 2.52. The van der Waals surface area contributed by atoms with Crippen molar-refractivity contribution in [2.24, 2.45) is 5.92 Å². The van der Waals surface area contributed by atoms with Crippen LogP contribution in [0.4, 0.5) is 8.78 Å². The maximum absolute atomic E-state index is 14.0. The second-order valence-electron chi connectivity index (χ2n) is 8.26. The first-order valence-electron chi connectivity index (χ1n) is 11.0. The van der Waals surface area contributed by atoms with Gasteiger partial charge in [0.2, 0.25) is 0 Å². The number of unbranched alkanes of at least 4 members (excludes halogenated alkanes) is 3. The molecule has 0 spiro atoms. The highest BCUT2D eigenvalue weighted by molar-refractivity contribution is 5.86. The van der Waals surface area contributed by atoms with Gasteiger partial charge >= 0.3 is 11.9 Å². The number of aliphatic hydroxyl groups is 1. The van der Waals surface area contributed by atoms with Crippen molar-refractivity contribution in [3.05, 3.63) is 48.0 Å². The summed E-state index contributed by atoms with van der Waals surface area (Å²) in [5, 5.41) is 19.0. The van der Waals surface area contributed by atoms with Crippen molar-refractivity contribution < 1.29 is 28.6 Å². The molecule has 7 heteroatoms. The van der Waals surface area contributed by atoms with Gasteiger partial charge in [-0.15, -0.1) is 0 Å². The van der Waals surface area contributed by atoms with Gasteiger partial charge in [0.25, 0.3) is 5.91 Å². The zero-order valence-electron chi connectivity index (χ0n) is 18.3. The number of carbonyl (C=O) groups is 2. The van der Waals surface area contributed by atoms with Crippen molar-refractivity contribution in [3.8, 4) is 11.8 Å². The van der Waals surface area contributed by atoms with Gasteiger partial charge in [0.15, 0.2) is 0 Å². The molecule has 1 saturated heterocycles. The van der Waals surface area contributed by atoms with E-state index in [0.717, 1.165) is 5.56 Å². The van der Waals surface area contributed by atoms with Crippen LogP contribution in [-0.4, -0.2) is 51.6 Å². The fraction of sp³-hybridized carbons (Fsp3) is 0.520. The maximum atomic E-state index is 14.0. The largest absolute Gasteiger partial charge is 0.481 e. The predicted molar refractivity (Wildman–Crippen MR) is 118 cm³/mol. The highest BCUT2D eigenvalue weighted by atomic mass is 19.3. The molecule has 2 N–H and O–H groups in total. The standard InChI is InChI=1S/C25H31F2NO4/c1-19(10-9-13-20-11-5-4-6-12-20)22(29)16-15-21-18-25(26,27)24(32)28(21)17-8-3-2-7-14-23(30)31/h4-6,11-12,15-16,19,21-22,29H,2-3,7-8,10,14,17-18H2,1H3,(H,30,31)/t19?,21-,22?/m0/s1. The van der Waals surface area contributed by atoms with E-state index in [0.29, 0.717) is 32.1 Å². The fourth-order valence-corrected chi connectivity index (χ4v) is 3.56. The molecule has 5 nitrogen and oxygen atoms in total. The van der Waals surface area contributed by atoms with Crippen LogP contribution in [0, 0.1) is 17.8 Å². The summed E-state index contributed by atoms with van der Waals surface area (Å²) in [4.78, 5) is 23.8. The van der Waals surface area contributed by atoms with Crippen molar-refractivity contribution in [1.29, 1.82) is 0 Å². The van der Waals surface area contributed by atoms with E-state index in [1.807, 2.05) is 37.3 Å². The van der Waals surface area contributed by atoms with E-state index in [1.165, 1.54) is 17.1 Å². The Morgan fingerprint density at radius 3 is 2.62 bits per heavy atom. The SMILES string of the molecule is CC(CC#Cc1ccccc1)C(O)C=C[C@H]1CC(F)(F)C(=O)N1CCCCCCC(=O)O. The molecule has 0 radical (unpaired) electrons. The summed E-state index contributed by atoms with van der Waals surface area (Å²) in [5.74, 6) is 0.408. The van der Waals surface area contributed by atoms with Crippen LogP contribution in [0.5, 0.6) is 0 Å². The Morgan fingerprint density at radius 2 is 1.94 bits per heavy atom. The van der Waals surface area contributed by atoms with Crippen LogP contribution < -0.4 is 0 Å². The number of alkyl halides is 2. The Labute approximate surface area is 188 Å². The van der Waals surface area contributed by atoms with Crippen LogP contribution in [0.25, 0.3) is 0 Å². The van der Waals surface area contributed by atoms with E-state index in [-0.39, 0.29) is 18.9 Å². The topological polar surface area (TPSA) is 77.8 Å². The van der Waals surface area contributed by atoms with E-state index < -0.39 is 36.4 Å². The minimum absolute atomic E-state index is 0.0812. The molecule has 1 heterocycles. The number of carboxylic acids is 1. The van der Waals surface area contributed by atoms with Crippen molar-refractivity contribution in [2.75, 3.05) is 6.54 Å². The van der Waals surface area contributed by atoms with Crippen LogP contribution in [-0.2, 0) is 9.59 Å². The molecule has 0 aliphatic carbocycles. The molecule has 174 valence electrons. The molecule has 32 heavy (non-hydrogen) atoms. The molecule has 2 unspecified atom stereocenters. The third kappa shape index (κ3) is 8.08. The molecular formula is C25H31F2NO4. The molecule has 0 saturated carbocycles. The number of rotatable bonds is 11. The van der Waals surface area contributed by atoms with Gasteiger partial charge in [-0.3, -0.25) is 9.59 Å². The Hall–Kier alpha value is -2.72. The number of aliphatic hydroxyl groups excluding tert-OH is 1. The van der Waals surface area contributed by atoms with Crippen molar-refractivity contribution in [1.82, 2.24) is 4.90 Å². The number of hydrogen-bond acceptors (Lipinski definition) is 3. The maximum Gasteiger partial charge on any atom is 0.327 e. The number of amides is 1.